The van der Waals surface area contributed by atoms with E-state index < -0.39 is 27.1 Å². The predicted octanol–water partition coefficient (Wildman–Crippen LogP) is 2.02. The first kappa shape index (κ1) is 23.6. The minimum absolute atomic E-state index is 0.0731. The van der Waals surface area contributed by atoms with E-state index in [0.717, 1.165) is 23.4 Å². The molecule has 12 heteroatoms. The number of hydrogen-bond acceptors (Lipinski definition) is 8. The van der Waals surface area contributed by atoms with E-state index in [2.05, 4.69) is 5.32 Å². The lowest BCUT2D eigenvalue weighted by molar-refractivity contribution is -0.387. The Bertz CT molecular complexity index is 1220. The number of fused-ring (bicyclic) bond motifs is 1. The number of hydrogen-bond donors (Lipinski definition) is 2. The summed E-state index contributed by atoms with van der Waals surface area (Å²) in [6, 6.07) is 14.0. The highest BCUT2D eigenvalue weighted by Crippen LogP contribution is 2.48. The minimum atomic E-state index is -1.52. The number of β-lactam (4-membered cyclic amide) rings is 1. The Hall–Kier alpha value is -3.56. The van der Waals surface area contributed by atoms with Crippen LogP contribution in [0.25, 0.3) is 0 Å². The zero-order valence-electron chi connectivity index (χ0n) is 17.5. The molecule has 4 rings (SSSR count). The number of rotatable bonds is 7. The van der Waals surface area contributed by atoms with Crippen LogP contribution >= 0.6 is 23.5 Å². The van der Waals surface area contributed by atoms with Crippen LogP contribution in [-0.4, -0.2) is 61.2 Å². The van der Waals surface area contributed by atoms with Gasteiger partial charge in [0.15, 0.2) is 0 Å². The van der Waals surface area contributed by atoms with Crippen LogP contribution in [0.5, 0.6) is 0 Å². The van der Waals surface area contributed by atoms with E-state index in [1.165, 1.54) is 28.8 Å². The van der Waals surface area contributed by atoms with E-state index in [0.29, 0.717) is 0 Å². The van der Waals surface area contributed by atoms with Gasteiger partial charge in [0.1, 0.15) is 16.2 Å². The summed E-state index contributed by atoms with van der Waals surface area (Å²) in [5.41, 5.74) is 0.536. The van der Waals surface area contributed by atoms with Crippen molar-refractivity contribution in [2.75, 3.05) is 12.3 Å². The number of nitrogens with zero attached hydrogens (tertiary/aromatic N) is 3. The Morgan fingerprint density at radius 1 is 1.32 bits per heavy atom. The SMILES string of the molecule is N#Cc1ccc(SC2(C(=O)O)CS[C@@H]3[C@H](NC(=O)Cc4ccccc4)C(=O)N3C2)c([N+](=O)[O-])c1. The quantitative estimate of drug-likeness (QED) is 0.331. The molecule has 174 valence electrons. The van der Waals surface area contributed by atoms with Crippen LogP contribution in [0.4, 0.5) is 5.69 Å². The van der Waals surface area contributed by atoms with E-state index in [4.69, 9.17) is 5.26 Å². The average Bonchev–Trinajstić information content (AvgIpc) is 2.83. The summed E-state index contributed by atoms with van der Waals surface area (Å²) in [5, 5.41) is 32.8. The molecule has 2 saturated heterocycles. The normalized spacial score (nSPS) is 23.3. The molecular weight excluding hydrogens is 480 g/mol. The molecule has 2 aromatic rings. The Labute approximate surface area is 202 Å². The smallest absolute Gasteiger partial charge is 0.322 e. The van der Waals surface area contributed by atoms with E-state index >= 15 is 0 Å². The van der Waals surface area contributed by atoms with Crippen LogP contribution in [0.1, 0.15) is 11.1 Å². The molecule has 0 saturated carbocycles. The third-order valence-electron chi connectivity index (χ3n) is 5.56. The molecule has 1 unspecified atom stereocenters. The number of nitro groups is 1. The van der Waals surface area contributed by atoms with Gasteiger partial charge in [0.05, 0.1) is 27.9 Å². The average molecular weight is 499 g/mol. The molecule has 34 heavy (non-hydrogen) atoms. The van der Waals surface area contributed by atoms with Crippen molar-refractivity contribution in [2.45, 2.75) is 27.5 Å². The van der Waals surface area contributed by atoms with Gasteiger partial charge in [0, 0.05) is 18.4 Å². The second-order valence-corrected chi connectivity index (χ2v) is 10.4. The molecule has 2 aromatic carbocycles. The Morgan fingerprint density at radius 2 is 2.06 bits per heavy atom. The van der Waals surface area contributed by atoms with Crippen molar-refractivity contribution in [3.05, 3.63) is 69.8 Å². The van der Waals surface area contributed by atoms with Gasteiger partial charge in [-0.1, -0.05) is 42.1 Å². The van der Waals surface area contributed by atoms with Crippen molar-refractivity contribution in [2.24, 2.45) is 0 Å². The topological polar surface area (TPSA) is 154 Å². The Kier molecular flexibility index (Phi) is 6.49. The van der Waals surface area contributed by atoms with Crippen LogP contribution in [0.3, 0.4) is 0 Å². The summed E-state index contributed by atoms with van der Waals surface area (Å²) in [7, 11) is 0. The number of benzene rings is 2. The number of nitrogens with one attached hydrogen (secondary N) is 1. The fraction of sp³-hybridized carbons (Fsp3) is 0.273. The number of amides is 2. The molecule has 0 aliphatic carbocycles. The van der Waals surface area contributed by atoms with Crippen molar-refractivity contribution in [1.82, 2.24) is 10.2 Å². The summed E-state index contributed by atoms with van der Waals surface area (Å²) < 4.78 is -1.52. The highest BCUT2D eigenvalue weighted by atomic mass is 32.2. The maximum absolute atomic E-state index is 12.8. The van der Waals surface area contributed by atoms with Crippen LogP contribution in [0.15, 0.2) is 53.4 Å². The first-order chi connectivity index (χ1) is 16.2. The van der Waals surface area contributed by atoms with Crippen LogP contribution < -0.4 is 5.32 Å². The maximum Gasteiger partial charge on any atom is 0.322 e. The van der Waals surface area contributed by atoms with Gasteiger partial charge in [-0.25, -0.2) is 0 Å². The third-order valence-corrected chi connectivity index (χ3v) is 8.67. The standard InChI is InChI=1S/C22H18N4O6S2/c23-10-14-6-7-16(15(8-14)26(31)32)34-22(21(29)30)11-25-19(28)18(20(25)33-12-22)24-17(27)9-13-4-2-1-3-5-13/h1-8,18,20H,9,11-12H2,(H,24,27)(H,29,30)/t18-,20-,22?/m1/s1. The second-order valence-electron chi connectivity index (χ2n) is 7.83. The molecular formula is C22H18N4O6S2. The van der Waals surface area contributed by atoms with Gasteiger partial charge >= 0.3 is 5.97 Å². The lowest BCUT2D eigenvalue weighted by atomic mass is 10.0. The van der Waals surface area contributed by atoms with E-state index in [1.807, 2.05) is 36.4 Å². The molecule has 2 heterocycles. The summed E-state index contributed by atoms with van der Waals surface area (Å²) in [6.07, 6.45) is 0.124. The second kappa shape index (κ2) is 9.36. The largest absolute Gasteiger partial charge is 0.480 e. The summed E-state index contributed by atoms with van der Waals surface area (Å²) in [5.74, 6) is -1.82. The number of carboxylic acid groups (broad SMARTS) is 1. The minimum Gasteiger partial charge on any atom is -0.480 e. The van der Waals surface area contributed by atoms with Crippen LogP contribution in [0, 0.1) is 21.4 Å². The van der Waals surface area contributed by atoms with Gasteiger partial charge in [0.25, 0.3) is 5.69 Å². The summed E-state index contributed by atoms with van der Waals surface area (Å²) in [6.45, 7) is -0.161. The van der Waals surface area contributed by atoms with E-state index in [1.54, 1.807) is 0 Å². The van der Waals surface area contributed by atoms with Crippen LogP contribution in [0.2, 0.25) is 0 Å². The molecule has 3 atom stereocenters. The number of aliphatic carboxylic acids is 1. The van der Waals surface area contributed by atoms with E-state index in [9.17, 15) is 29.6 Å². The van der Waals surface area contributed by atoms with Crippen molar-refractivity contribution >= 4 is 47.0 Å². The lowest BCUT2D eigenvalue weighted by Gasteiger charge is -2.53. The molecule has 0 radical (unpaired) electrons. The lowest BCUT2D eigenvalue weighted by Crippen LogP contribution is -2.74. The number of carbonyl (C=O) groups is 3. The first-order valence-corrected chi connectivity index (χ1v) is 12.0. The molecule has 10 nitrogen and oxygen atoms in total. The summed E-state index contributed by atoms with van der Waals surface area (Å²) >= 11 is 2.02. The monoisotopic (exact) mass is 498 g/mol. The van der Waals surface area contributed by atoms with Gasteiger partial charge < -0.3 is 15.3 Å². The fourth-order valence-corrected chi connectivity index (χ4v) is 6.73. The van der Waals surface area contributed by atoms with Crippen molar-refractivity contribution < 1.29 is 24.4 Å². The molecule has 0 aromatic heterocycles. The van der Waals surface area contributed by atoms with Gasteiger partial charge in [0.2, 0.25) is 11.8 Å². The molecule has 2 N–H and O–H groups in total. The maximum atomic E-state index is 12.8. The van der Waals surface area contributed by atoms with E-state index in [-0.39, 0.29) is 46.7 Å². The molecule has 2 amide bonds. The highest BCUT2D eigenvalue weighted by Gasteiger charge is 2.58. The fourth-order valence-electron chi connectivity index (χ4n) is 3.82. The number of carbonyl (C=O) groups excluding carboxylic acids is 2. The zero-order valence-corrected chi connectivity index (χ0v) is 19.2. The Balaban J connectivity index is 1.47. The number of nitriles is 1. The predicted molar refractivity (Wildman–Crippen MR) is 124 cm³/mol. The summed E-state index contributed by atoms with van der Waals surface area (Å²) in [4.78, 5) is 49.7. The molecule has 2 aliphatic heterocycles. The number of nitro benzene ring substituents is 1. The third kappa shape index (κ3) is 4.44. The zero-order chi connectivity index (χ0) is 24.5. The first-order valence-electron chi connectivity index (χ1n) is 10.1. The van der Waals surface area contributed by atoms with Gasteiger partial charge in [-0.3, -0.25) is 24.5 Å². The molecule has 0 spiro atoms. The molecule has 0 bridgehead atoms. The number of carboxylic acids is 1. The Morgan fingerprint density at radius 3 is 2.71 bits per heavy atom. The van der Waals surface area contributed by atoms with Crippen LogP contribution in [-0.2, 0) is 20.8 Å². The van der Waals surface area contributed by atoms with Gasteiger partial charge in [-0.15, -0.1) is 11.8 Å². The van der Waals surface area contributed by atoms with Crippen molar-refractivity contribution in [1.29, 1.82) is 5.26 Å². The number of thioether (sulfide) groups is 2. The molecule has 2 aliphatic rings. The van der Waals surface area contributed by atoms with Crippen molar-refractivity contribution in [3.8, 4) is 6.07 Å². The molecule has 2 fully saturated rings. The van der Waals surface area contributed by atoms with Gasteiger partial charge in [-0.2, -0.15) is 5.26 Å². The van der Waals surface area contributed by atoms with Crippen molar-refractivity contribution in [3.63, 3.8) is 0 Å². The van der Waals surface area contributed by atoms with Gasteiger partial charge in [-0.05, 0) is 17.7 Å². The highest BCUT2D eigenvalue weighted by molar-refractivity contribution is 8.05.